The van der Waals surface area contributed by atoms with Gasteiger partial charge in [-0.2, -0.15) is 0 Å². The van der Waals surface area contributed by atoms with Crippen LogP contribution in [0.1, 0.15) is 65.2 Å². The molecule has 0 bridgehead atoms. The number of hydrogen-bond donors (Lipinski definition) is 2. The van der Waals surface area contributed by atoms with Gasteiger partial charge >= 0.3 is 5.97 Å². The van der Waals surface area contributed by atoms with Gasteiger partial charge in [0.05, 0.1) is 0 Å². The van der Waals surface area contributed by atoms with Crippen molar-refractivity contribution in [2.24, 2.45) is 5.41 Å². The van der Waals surface area contributed by atoms with Crippen LogP contribution in [0.25, 0.3) is 0 Å². The quantitative estimate of drug-likeness (QED) is 0.767. The van der Waals surface area contributed by atoms with Gasteiger partial charge in [0.1, 0.15) is 6.04 Å². The van der Waals surface area contributed by atoms with Crippen molar-refractivity contribution in [1.82, 2.24) is 5.32 Å². The minimum atomic E-state index is -0.924. The maximum atomic E-state index is 12.4. The molecule has 4 nitrogen and oxygen atoms in total. The summed E-state index contributed by atoms with van der Waals surface area (Å²) in [5.74, 6) is -0.974. The van der Waals surface area contributed by atoms with Gasteiger partial charge in [-0.25, -0.2) is 4.79 Å². The summed E-state index contributed by atoms with van der Waals surface area (Å²) in [6.45, 7) is 3.96. The first-order chi connectivity index (χ1) is 8.55. The normalized spacial score (nSPS) is 20.1. The van der Waals surface area contributed by atoms with Crippen LogP contribution in [-0.2, 0) is 9.59 Å². The predicted octanol–water partition coefficient (Wildman–Crippen LogP) is 2.72. The molecule has 1 rings (SSSR count). The highest BCUT2D eigenvalue weighted by Gasteiger charge is 2.39. The average molecular weight is 255 g/mol. The standard InChI is InChI=1S/C14H25NO3/c1-3-8-11(12(16)17)15-13(18)14(4-2)9-6-5-7-10-14/h11H,3-10H2,1-2H3,(H,15,18)(H,16,17). The molecule has 1 fully saturated rings. The molecule has 4 heteroatoms. The second-order valence-electron chi connectivity index (χ2n) is 5.35. The van der Waals surface area contributed by atoms with E-state index < -0.39 is 12.0 Å². The van der Waals surface area contributed by atoms with Gasteiger partial charge in [0.25, 0.3) is 0 Å². The Morgan fingerprint density at radius 1 is 1.22 bits per heavy atom. The van der Waals surface area contributed by atoms with E-state index in [1.807, 2.05) is 13.8 Å². The summed E-state index contributed by atoms with van der Waals surface area (Å²) in [7, 11) is 0. The van der Waals surface area contributed by atoms with E-state index in [9.17, 15) is 9.59 Å². The molecule has 2 N–H and O–H groups in total. The monoisotopic (exact) mass is 255 g/mol. The van der Waals surface area contributed by atoms with Crippen molar-refractivity contribution in [1.29, 1.82) is 0 Å². The molecule has 0 spiro atoms. The van der Waals surface area contributed by atoms with Crippen LogP contribution in [0.15, 0.2) is 0 Å². The Morgan fingerprint density at radius 3 is 2.28 bits per heavy atom. The Kier molecular flexibility index (Phi) is 5.63. The molecular formula is C14H25NO3. The van der Waals surface area contributed by atoms with Gasteiger partial charge in [0.15, 0.2) is 0 Å². The third kappa shape index (κ3) is 3.47. The number of rotatable bonds is 6. The van der Waals surface area contributed by atoms with Crippen LogP contribution in [0, 0.1) is 5.41 Å². The zero-order chi connectivity index (χ0) is 13.6. The number of amides is 1. The van der Waals surface area contributed by atoms with E-state index in [0.29, 0.717) is 6.42 Å². The van der Waals surface area contributed by atoms with Crippen molar-refractivity contribution >= 4 is 11.9 Å². The highest BCUT2D eigenvalue weighted by molar-refractivity contribution is 5.87. The summed E-state index contributed by atoms with van der Waals surface area (Å²) in [4.78, 5) is 23.5. The first kappa shape index (κ1) is 15.0. The van der Waals surface area contributed by atoms with Crippen molar-refractivity contribution in [3.63, 3.8) is 0 Å². The van der Waals surface area contributed by atoms with Crippen LogP contribution >= 0.6 is 0 Å². The fraction of sp³-hybridized carbons (Fsp3) is 0.857. The molecule has 1 aliphatic rings. The van der Waals surface area contributed by atoms with Crippen molar-refractivity contribution in [2.45, 2.75) is 71.3 Å². The van der Waals surface area contributed by atoms with E-state index in [1.165, 1.54) is 6.42 Å². The maximum absolute atomic E-state index is 12.4. The van der Waals surface area contributed by atoms with Crippen molar-refractivity contribution < 1.29 is 14.7 Å². The average Bonchev–Trinajstić information content (AvgIpc) is 2.38. The van der Waals surface area contributed by atoms with Gasteiger partial charge in [0, 0.05) is 5.41 Å². The SMILES string of the molecule is CCCC(NC(=O)C1(CC)CCCCC1)C(=O)O. The lowest BCUT2D eigenvalue weighted by Crippen LogP contribution is -2.49. The Labute approximate surface area is 109 Å². The lowest BCUT2D eigenvalue weighted by atomic mass is 9.71. The Bertz CT molecular complexity index is 295. The van der Waals surface area contributed by atoms with Gasteiger partial charge in [-0.15, -0.1) is 0 Å². The maximum Gasteiger partial charge on any atom is 0.326 e. The van der Waals surface area contributed by atoms with Gasteiger partial charge in [0.2, 0.25) is 5.91 Å². The molecule has 0 aromatic rings. The molecule has 104 valence electrons. The third-order valence-corrected chi connectivity index (χ3v) is 4.15. The molecule has 0 radical (unpaired) electrons. The second-order valence-corrected chi connectivity index (χ2v) is 5.35. The lowest BCUT2D eigenvalue weighted by molar-refractivity contribution is -0.145. The highest BCUT2D eigenvalue weighted by atomic mass is 16.4. The number of aliphatic carboxylic acids is 1. The summed E-state index contributed by atoms with van der Waals surface area (Å²) in [5, 5.41) is 11.8. The molecule has 0 aromatic heterocycles. The number of nitrogens with one attached hydrogen (secondary N) is 1. The molecule has 0 aromatic carbocycles. The van der Waals surface area contributed by atoms with E-state index in [2.05, 4.69) is 5.32 Å². The summed E-state index contributed by atoms with van der Waals surface area (Å²) in [6, 6.07) is -0.729. The summed E-state index contributed by atoms with van der Waals surface area (Å²) in [5.41, 5.74) is -0.320. The van der Waals surface area contributed by atoms with Crippen LogP contribution in [0.4, 0.5) is 0 Å². The van der Waals surface area contributed by atoms with Crippen LogP contribution in [0.2, 0.25) is 0 Å². The van der Waals surface area contributed by atoms with Gasteiger partial charge < -0.3 is 10.4 Å². The van der Waals surface area contributed by atoms with Gasteiger partial charge in [-0.05, 0) is 25.7 Å². The Morgan fingerprint density at radius 2 is 1.83 bits per heavy atom. The number of carboxylic acids is 1. The molecule has 0 saturated heterocycles. The minimum absolute atomic E-state index is 0.0504. The molecule has 1 amide bonds. The van der Waals surface area contributed by atoms with Crippen LogP contribution in [-0.4, -0.2) is 23.0 Å². The lowest BCUT2D eigenvalue weighted by Gasteiger charge is -2.35. The van der Waals surface area contributed by atoms with Crippen LogP contribution in [0.3, 0.4) is 0 Å². The van der Waals surface area contributed by atoms with Gasteiger partial charge in [-0.3, -0.25) is 4.79 Å². The number of hydrogen-bond acceptors (Lipinski definition) is 2. The smallest absolute Gasteiger partial charge is 0.326 e. The molecular weight excluding hydrogens is 230 g/mol. The molecule has 1 saturated carbocycles. The van der Waals surface area contributed by atoms with Crippen molar-refractivity contribution in [2.75, 3.05) is 0 Å². The fourth-order valence-electron chi connectivity index (χ4n) is 2.83. The minimum Gasteiger partial charge on any atom is -0.480 e. The van der Waals surface area contributed by atoms with Gasteiger partial charge in [-0.1, -0.05) is 39.5 Å². The molecule has 0 aliphatic heterocycles. The van der Waals surface area contributed by atoms with Crippen molar-refractivity contribution in [3.8, 4) is 0 Å². The zero-order valence-corrected chi connectivity index (χ0v) is 11.5. The number of carbonyl (C=O) groups excluding carboxylic acids is 1. The Balaban J connectivity index is 2.68. The van der Waals surface area contributed by atoms with E-state index in [0.717, 1.165) is 38.5 Å². The predicted molar refractivity (Wildman–Crippen MR) is 70.3 cm³/mol. The molecule has 18 heavy (non-hydrogen) atoms. The van der Waals surface area contributed by atoms with E-state index in [1.54, 1.807) is 0 Å². The number of carboxylic acid groups (broad SMARTS) is 1. The first-order valence-corrected chi connectivity index (χ1v) is 7.09. The van der Waals surface area contributed by atoms with Crippen LogP contribution < -0.4 is 5.32 Å². The number of carbonyl (C=O) groups is 2. The third-order valence-electron chi connectivity index (χ3n) is 4.15. The summed E-state index contributed by atoms with van der Waals surface area (Å²) >= 11 is 0. The van der Waals surface area contributed by atoms with E-state index >= 15 is 0 Å². The summed E-state index contributed by atoms with van der Waals surface area (Å²) < 4.78 is 0. The fourth-order valence-corrected chi connectivity index (χ4v) is 2.83. The molecule has 0 heterocycles. The van der Waals surface area contributed by atoms with E-state index in [4.69, 9.17) is 5.11 Å². The van der Waals surface area contributed by atoms with Crippen LogP contribution in [0.5, 0.6) is 0 Å². The molecule has 1 aliphatic carbocycles. The first-order valence-electron chi connectivity index (χ1n) is 7.09. The topological polar surface area (TPSA) is 66.4 Å². The molecule has 1 atom stereocenters. The van der Waals surface area contributed by atoms with E-state index in [-0.39, 0.29) is 11.3 Å². The second kappa shape index (κ2) is 6.76. The molecule has 1 unspecified atom stereocenters. The Hall–Kier alpha value is -1.06. The summed E-state index contributed by atoms with van der Waals surface area (Å²) in [6.07, 6.45) is 7.20. The highest BCUT2D eigenvalue weighted by Crippen LogP contribution is 2.39. The largest absolute Gasteiger partial charge is 0.480 e. The van der Waals surface area contributed by atoms with Crippen molar-refractivity contribution in [3.05, 3.63) is 0 Å². The zero-order valence-electron chi connectivity index (χ0n) is 11.5.